The first-order valence-corrected chi connectivity index (χ1v) is 6.76. The van der Waals surface area contributed by atoms with E-state index >= 15 is 0 Å². The van der Waals surface area contributed by atoms with Gasteiger partial charge in [-0.05, 0) is 34.7 Å². The van der Waals surface area contributed by atoms with Crippen molar-refractivity contribution < 1.29 is 4.74 Å². The molecule has 2 heterocycles. The van der Waals surface area contributed by atoms with Crippen molar-refractivity contribution in [2.75, 3.05) is 13.2 Å². The number of nitrogens with zero attached hydrogens (tertiary/aromatic N) is 1. The lowest BCUT2D eigenvalue weighted by atomic mass is 10.0. The number of hydrogen-bond donors (Lipinski definition) is 1. The third-order valence-electron chi connectivity index (χ3n) is 3.00. The molecule has 1 aromatic rings. The van der Waals surface area contributed by atoms with E-state index in [2.05, 4.69) is 25.9 Å². The van der Waals surface area contributed by atoms with Crippen LogP contribution in [0.2, 0.25) is 0 Å². The van der Waals surface area contributed by atoms with Gasteiger partial charge in [-0.2, -0.15) is 0 Å². The van der Waals surface area contributed by atoms with Gasteiger partial charge < -0.3 is 9.72 Å². The van der Waals surface area contributed by atoms with Gasteiger partial charge in [-0.1, -0.05) is 13.8 Å². The van der Waals surface area contributed by atoms with Crippen LogP contribution in [0, 0.1) is 0 Å². The number of aromatic amines is 1. The van der Waals surface area contributed by atoms with Crippen LogP contribution in [0.4, 0.5) is 0 Å². The van der Waals surface area contributed by atoms with E-state index in [4.69, 9.17) is 4.74 Å². The second-order valence-electron chi connectivity index (χ2n) is 4.72. The van der Waals surface area contributed by atoms with Gasteiger partial charge in [-0.15, -0.1) is 0 Å². The molecule has 2 rings (SSSR count). The van der Waals surface area contributed by atoms with Crippen LogP contribution in [0.1, 0.15) is 50.0 Å². The van der Waals surface area contributed by atoms with E-state index in [-0.39, 0.29) is 17.4 Å². The summed E-state index contributed by atoms with van der Waals surface area (Å²) in [7, 11) is 0. The minimum atomic E-state index is -0.0933. The Hall–Kier alpha value is -0.680. The maximum Gasteiger partial charge on any atom is 0.265 e. The van der Waals surface area contributed by atoms with Crippen LogP contribution >= 0.6 is 15.9 Å². The molecular weight excluding hydrogens is 284 g/mol. The number of nitrogens with one attached hydrogen (secondary N) is 1. The van der Waals surface area contributed by atoms with E-state index in [0.717, 1.165) is 31.0 Å². The summed E-state index contributed by atoms with van der Waals surface area (Å²) in [5, 5.41) is 0. The minimum absolute atomic E-state index is 0.0933. The molecule has 4 nitrogen and oxygen atoms in total. The highest BCUT2D eigenvalue weighted by Gasteiger charge is 2.21. The van der Waals surface area contributed by atoms with Gasteiger partial charge in [0.05, 0.1) is 12.3 Å². The lowest BCUT2D eigenvalue weighted by Crippen LogP contribution is -2.23. The molecule has 94 valence electrons. The fourth-order valence-electron chi connectivity index (χ4n) is 2.03. The quantitative estimate of drug-likeness (QED) is 0.913. The minimum Gasteiger partial charge on any atom is -0.381 e. The normalized spacial score (nSPS) is 20.8. The number of aromatic nitrogens is 2. The van der Waals surface area contributed by atoms with E-state index in [1.807, 2.05) is 13.8 Å². The van der Waals surface area contributed by atoms with E-state index in [9.17, 15) is 4.79 Å². The first-order valence-electron chi connectivity index (χ1n) is 5.97. The van der Waals surface area contributed by atoms with E-state index < -0.39 is 0 Å². The fourth-order valence-corrected chi connectivity index (χ4v) is 2.67. The molecule has 1 aliphatic rings. The Bertz CT molecular complexity index is 450. The third kappa shape index (κ3) is 2.77. The lowest BCUT2D eigenvalue weighted by molar-refractivity contribution is 0.0779. The van der Waals surface area contributed by atoms with Crippen molar-refractivity contribution in [3.05, 3.63) is 26.3 Å². The van der Waals surface area contributed by atoms with Gasteiger partial charge in [0.15, 0.2) is 0 Å². The summed E-state index contributed by atoms with van der Waals surface area (Å²) in [6, 6.07) is 0. The Morgan fingerprint density at radius 1 is 1.53 bits per heavy atom. The first kappa shape index (κ1) is 12.8. The van der Waals surface area contributed by atoms with E-state index in [1.54, 1.807) is 0 Å². The third-order valence-corrected chi connectivity index (χ3v) is 3.77. The highest BCUT2D eigenvalue weighted by molar-refractivity contribution is 9.10. The zero-order valence-electron chi connectivity index (χ0n) is 10.1. The maximum absolute atomic E-state index is 11.8. The van der Waals surface area contributed by atoms with Crippen molar-refractivity contribution in [3.8, 4) is 0 Å². The molecule has 1 N–H and O–H groups in total. The van der Waals surface area contributed by atoms with Crippen LogP contribution in [0.3, 0.4) is 0 Å². The molecule has 0 radical (unpaired) electrons. The molecule has 1 aliphatic heterocycles. The molecule has 1 saturated heterocycles. The molecule has 0 aliphatic carbocycles. The molecule has 0 spiro atoms. The predicted octanol–water partition coefficient (Wildman–Crippen LogP) is 2.55. The van der Waals surface area contributed by atoms with Crippen molar-refractivity contribution in [2.45, 2.75) is 38.5 Å². The standard InChI is InChI=1S/C12H17BrN2O2/c1-7(2)10-9(13)12(16)15-11(14-10)8-4-3-5-17-6-8/h7-8H,3-6H2,1-2H3,(H,14,15,16). The summed E-state index contributed by atoms with van der Waals surface area (Å²) in [5.74, 6) is 1.22. The van der Waals surface area contributed by atoms with Crippen LogP contribution in [0.15, 0.2) is 9.27 Å². The predicted molar refractivity (Wildman–Crippen MR) is 69.4 cm³/mol. The summed E-state index contributed by atoms with van der Waals surface area (Å²) in [6.07, 6.45) is 2.06. The van der Waals surface area contributed by atoms with Gasteiger partial charge in [-0.3, -0.25) is 4.79 Å². The number of halogens is 1. The molecule has 1 unspecified atom stereocenters. The second kappa shape index (κ2) is 5.31. The summed E-state index contributed by atoms with van der Waals surface area (Å²) in [5.41, 5.74) is 0.735. The topological polar surface area (TPSA) is 55.0 Å². The number of hydrogen-bond acceptors (Lipinski definition) is 3. The van der Waals surface area contributed by atoms with Gasteiger partial charge in [0.1, 0.15) is 10.3 Å². The van der Waals surface area contributed by atoms with Gasteiger partial charge in [0.25, 0.3) is 5.56 Å². The summed E-state index contributed by atoms with van der Waals surface area (Å²) < 4.78 is 5.98. The van der Waals surface area contributed by atoms with Crippen molar-refractivity contribution in [2.24, 2.45) is 0 Å². The largest absolute Gasteiger partial charge is 0.381 e. The Morgan fingerprint density at radius 3 is 2.88 bits per heavy atom. The van der Waals surface area contributed by atoms with Crippen molar-refractivity contribution in [3.63, 3.8) is 0 Å². The summed E-state index contributed by atoms with van der Waals surface area (Å²) >= 11 is 3.30. The van der Waals surface area contributed by atoms with Gasteiger partial charge >= 0.3 is 0 Å². The molecule has 0 amide bonds. The van der Waals surface area contributed by atoms with E-state index in [1.165, 1.54) is 0 Å². The average Bonchev–Trinajstić information content (AvgIpc) is 2.33. The number of rotatable bonds is 2. The monoisotopic (exact) mass is 300 g/mol. The van der Waals surface area contributed by atoms with Crippen LogP contribution in [0.25, 0.3) is 0 Å². The smallest absolute Gasteiger partial charge is 0.265 e. The van der Waals surface area contributed by atoms with Crippen LogP contribution in [-0.4, -0.2) is 23.2 Å². The highest BCUT2D eigenvalue weighted by atomic mass is 79.9. The molecule has 1 fully saturated rings. The Labute approximate surface area is 109 Å². The second-order valence-corrected chi connectivity index (χ2v) is 5.51. The Balaban J connectivity index is 2.37. The van der Waals surface area contributed by atoms with Gasteiger partial charge in [0, 0.05) is 12.5 Å². The number of ether oxygens (including phenoxy) is 1. The molecule has 1 aromatic heterocycles. The molecule has 1 atom stereocenters. The average molecular weight is 301 g/mol. The van der Waals surface area contributed by atoms with Crippen molar-refractivity contribution >= 4 is 15.9 Å². The molecule has 0 saturated carbocycles. The summed E-state index contributed by atoms with van der Waals surface area (Å²) in [6.45, 7) is 5.54. The Morgan fingerprint density at radius 2 is 2.29 bits per heavy atom. The molecule has 17 heavy (non-hydrogen) atoms. The van der Waals surface area contributed by atoms with Crippen LogP contribution in [0.5, 0.6) is 0 Å². The molecule has 5 heteroatoms. The Kier molecular flexibility index (Phi) is 3.99. The fraction of sp³-hybridized carbons (Fsp3) is 0.667. The van der Waals surface area contributed by atoms with Crippen molar-refractivity contribution in [1.29, 1.82) is 0 Å². The molecule has 0 bridgehead atoms. The SMILES string of the molecule is CC(C)c1nc(C2CCCOC2)[nH]c(=O)c1Br. The number of H-pyrrole nitrogens is 1. The molecule has 0 aromatic carbocycles. The molecular formula is C12H17BrN2O2. The van der Waals surface area contributed by atoms with Gasteiger partial charge in [-0.25, -0.2) is 4.98 Å². The highest BCUT2D eigenvalue weighted by Crippen LogP contribution is 2.25. The van der Waals surface area contributed by atoms with E-state index in [0.29, 0.717) is 11.1 Å². The van der Waals surface area contributed by atoms with Crippen LogP contribution in [-0.2, 0) is 4.74 Å². The first-order chi connectivity index (χ1) is 8.09. The van der Waals surface area contributed by atoms with Crippen molar-refractivity contribution in [1.82, 2.24) is 9.97 Å². The lowest BCUT2D eigenvalue weighted by Gasteiger charge is -2.22. The summed E-state index contributed by atoms with van der Waals surface area (Å²) in [4.78, 5) is 19.2. The maximum atomic E-state index is 11.8. The zero-order valence-corrected chi connectivity index (χ0v) is 11.7. The zero-order chi connectivity index (χ0) is 12.4. The van der Waals surface area contributed by atoms with Crippen LogP contribution < -0.4 is 5.56 Å². The van der Waals surface area contributed by atoms with Gasteiger partial charge in [0.2, 0.25) is 0 Å².